The topological polar surface area (TPSA) is 89.2 Å². The van der Waals surface area contributed by atoms with Gasteiger partial charge >= 0.3 is 0 Å². The third-order valence-corrected chi connectivity index (χ3v) is 5.21. The normalized spacial score (nSPS) is 10.8. The monoisotopic (exact) mass is 408 g/mol. The summed E-state index contributed by atoms with van der Waals surface area (Å²) in [6.45, 7) is 0.116. The van der Waals surface area contributed by atoms with Gasteiger partial charge in [0.1, 0.15) is 5.82 Å². The van der Waals surface area contributed by atoms with Gasteiger partial charge in [0.05, 0.1) is 27.4 Å². The van der Waals surface area contributed by atoms with Crippen LogP contribution in [-0.4, -0.2) is 20.8 Å². The van der Waals surface area contributed by atoms with E-state index in [0.29, 0.717) is 21.0 Å². The molecule has 1 amide bonds. The number of halogens is 1. The van der Waals surface area contributed by atoms with Gasteiger partial charge in [-0.2, -0.15) is 0 Å². The van der Waals surface area contributed by atoms with Crippen LogP contribution in [0.1, 0.15) is 16.1 Å². The molecular formula is C20H13FN4O3S. The highest BCUT2D eigenvalue weighted by Gasteiger charge is 2.23. The number of non-ortho nitro benzene ring substituents is 1. The van der Waals surface area contributed by atoms with Gasteiger partial charge in [0.2, 0.25) is 0 Å². The summed E-state index contributed by atoms with van der Waals surface area (Å²) in [5, 5.41) is 11.4. The van der Waals surface area contributed by atoms with Crippen LogP contribution >= 0.6 is 11.3 Å². The fraction of sp³-hybridized carbons (Fsp3) is 0.0500. The molecule has 0 unspecified atom stereocenters. The van der Waals surface area contributed by atoms with Crippen LogP contribution in [-0.2, 0) is 6.54 Å². The number of anilines is 1. The number of nitrogens with zero attached hydrogens (tertiary/aromatic N) is 4. The van der Waals surface area contributed by atoms with E-state index in [9.17, 15) is 19.3 Å². The van der Waals surface area contributed by atoms with Crippen molar-refractivity contribution in [1.29, 1.82) is 0 Å². The van der Waals surface area contributed by atoms with E-state index in [1.807, 2.05) is 0 Å². The average molecular weight is 408 g/mol. The van der Waals surface area contributed by atoms with E-state index in [4.69, 9.17) is 0 Å². The van der Waals surface area contributed by atoms with E-state index >= 15 is 0 Å². The SMILES string of the molecule is O=C(c1cccc([N+](=O)[O-])c1)N(Cc1ccccn1)c1nc2ccc(F)cc2s1. The third kappa shape index (κ3) is 3.94. The number of carbonyl (C=O) groups excluding carboxylic acids is 1. The predicted octanol–water partition coefficient (Wildman–Crippen LogP) is 4.59. The number of benzene rings is 2. The first-order valence-corrected chi connectivity index (χ1v) is 9.35. The number of rotatable bonds is 5. The molecule has 0 spiro atoms. The van der Waals surface area contributed by atoms with Crippen LogP contribution < -0.4 is 4.90 Å². The molecule has 0 atom stereocenters. The van der Waals surface area contributed by atoms with Crippen LogP contribution in [0.3, 0.4) is 0 Å². The predicted molar refractivity (Wildman–Crippen MR) is 107 cm³/mol. The molecule has 0 aliphatic heterocycles. The number of pyridine rings is 1. The molecule has 0 saturated heterocycles. The maximum Gasteiger partial charge on any atom is 0.270 e. The van der Waals surface area contributed by atoms with Crippen LogP contribution in [0.4, 0.5) is 15.2 Å². The van der Waals surface area contributed by atoms with Crippen LogP contribution in [0.5, 0.6) is 0 Å². The summed E-state index contributed by atoms with van der Waals surface area (Å²) in [6.07, 6.45) is 1.61. The van der Waals surface area contributed by atoms with Gasteiger partial charge in [0.25, 0.3) is 11.6 Å². The number of hydrogen-bond acceptors (Lipinski definition) is 6. The highest BCUT2D eigenvalue weighted by atomic mass is 32.1. The molecule has 4 rings (SSSR count). The second-order valence-corrected chi connectivity index (χ2v) is 7.14. The van der Waals surface area contributed by atoms with Crippen LogP contribution in [0.25, 0.3) is 10.2 Å². The largest absolute Gasteiger partial charge is 0.278 e. The molecule has 0 aliphatic carbocycles. The maximum atomic E-state index is 13.6. The molecule has 4 aromatic rings. The number of aromatic nitrogens is 2. The lowest BCUT2D eigenvalue weighted by atomic mass is 10.1. The lowest BCUT2D eigenvalue weighted by Crippen LogP contribution is -2.30. The van der Waals surface area contributed by atoms with E-state index in [0.717, 1.165) is 11.3 Å². The molecule has 2 heterocycles. The fourth-order valence-corrected chi connectivity index (χ4v) is 3.78. The third-order valence-electron chi connectivity index (χ3n) is 4.17. The van der Waals surface area contributed by atoms with Crippen molar-refractivity contribution in [3.63, 3.8) is 0 Å². The molecule has 2 aromatic carbocycles. The lowest BCUT2D eigenvalue weighted by Gasteiger charge is -2.19. The molecule has 0 N–H and O–H groups in total. The Morgan fingerprint density at radius 3 is 2.76 bits per heavy atom. The molecule has 29 heavy (non-hydrogen) atoms. The van der Waals surface area contributed by atoms with E-state index in [1.165, 1.54) is 41.3 Å². The second-order valence-electron chi connectivity index (χ2n) is 6.13. The summed E-state index contributed by atoms with van der Waals surface area (Å²) in [5.74, 6) is -0.854. The van der Waals surface area contributed by atoms with Crippen molar-refractivity contribution in [3.8, 4) is 0 Å². The Bertz CT molecular complexity index is 1210. The van der Waals surface area contributed by atoms with Gasteiger partial charge in [-0.3, -0.25) is 24.8 Å². The molecule has 0 radical (unpaired) electrons. The zero-order chi connectivity index (χ0) is 20.4. The van der Waals surface area contributed by atoms with Gasteiger partial charge in [-0.1, -0.05) is 23.5 Å². The van der Waals surface area contributed by atoms with Crippen LogP contribution in [0, 0.1) is 15.9 Å². The molecule has 0 fully saturated rings. The first-order chi connectivity index (χ1) is 14.0. The van der Waals surface area contributed by atoms with Gasteiger partial charge in [-0.05, 0) is 36.4 Å². The van der Waals surface area contributed by atoms with Crippen molar-refractivity contribution >= 4 is 38.3 Å². The molecule has 2 aromatic heterocycles. The van der Waals surface area contributed by atoms with Crippen molar-refractivity contribution < 1.29 is 14.1 Å². The zero-order valence-corrected chi connectivity index (χ0v) is 15.7. The number of amides is 1. The number of thiazole rings is 1. The highest BCUT2D eigenvalue weighted by Crippen LogP contribution is 2.31. The number of nitro groups is 1. The Hall–Kier alpha value is -3.72. The van der Waals surface area contributed by atoms with Gasteiger partial charge in [-0.15, -0.1) is 0 Å². The highest BCUT2D eigenvalue weighted by molar-refractivity contribution is 7.22. The van der Waals surface area contributed by atoms with Crippen LogP contribution in [0.2, 0.25) is 0 Å². The van der Waals surface area contributed by atoms with Crippen molar-refractivity contribution in [1.82, 2.24) is 9.97 Å². The lowest BCUT2D eigenvalue weighted by molar-refractivity contribution is -0.384. The molecule has 0 saturated carbocycles. The summed E-state index contributed by atoms with van der Waals surface area (Å²) in [5.41, 5.74) is 1.15. The number of fused-ring (bicyclic) bond motifs is 1. The quantitative estimate of drug-likeness (QED) is 0.356. The molecule has 0 aliphatic rings. The number of carbonyl (C=O) groups is 1. The van der Waals surface area contributed by atoms with Gasteiger partial charge in [0.15, 0.2) is 5.13 Å². The number of hydrogen-bond donors (Lipinski definition) is 0. The standard InChI is InChI=1S/C20H13FN4O3S/c21-14-7-8-17-18(11-14)29-20(23-17)24(12-15-5-1-2-9-22-15)19(26)13-4-3-6-16(10-13)25(27)28/h1-11H,12H2. The van der Waals surface area contributed by atoms with Gasteiger partial charge in [0, 0.05) is 23.9 Å². The maximum absolute atomic E-state index is 13.6. The van der Waals surface area contributed by atoms with Gasteiger partial charge < -0.3 is 0 Å². The van der Waals surface area contributed by atoms with E-state index in [2.05, 4.69) is 9.97 Å². The smallest absolute Gasteiger partial charge is 0.270 e. The van der Waals surface area contributed by atoms with E-state index in [1.54, 1.807) is 30.5 Å². The Balaban J connectivity index is 1.77. The Kier molecular flexibility index (Phi) is 4.96. The molecular weight excluding hydrogens is 395 g/mol. The summed E-state index contributed by atoms with van der Waals surface area (Å²) in [4.78, 5) is 33.9. The summed E-state index contributed by atoms with van der Waals surface area (Å²) in [6, 6.07) is 15.0. The fourth-order valence-electron chi connectivity index (χ4n) is 2.79. The first-order valence-electron chi connectivity index (χ1n) is 8.53. The summed E-state index contributed by atoms with van der Waals surface area (Å²) in [7, 11) is 0. The van der Waals surface area contributed by atoms with Gasteiger partial charge in [-0.25, -0.2) is 9.37 Å². The van der Waals surface area contributed by atoms with Crippen molar-refractivity contribution in [3.05, 3.63) is 94.0 Å². The van der Waals surface area contributed by atoms with E-state index < -0.39 is 16.6 Å². The Labute approximate surface area is 168 Å². The zero-order valence-electron chi connectivity index (χ0n) is 14.9. The van der Waals surface area contributed by atoms with Crippen molar-refractivity contribution in [2.24, 2.45) is 0 Å². The summed E-state index contributed by atoms with van der Waals surface area (Å²) >= 11 is 1.16. The second kappa shape index (κ2) is 7.72. The molecule has 0 bridgehead atoms. The van der Waals surface area contributed by atoms with Crippen LogP contribution in [0.15, 0.2) is 66.9 Å². The minimum atomic E-state index is -0.555. The minimum absolute atomic E-state index is 0.116. The first kappa shape index (κ1) is 18.6. The summed E-state index contributed by atoms with van der Waals surface area (Å²) < 4.78 is 14.2. The van der Waals surface area contributed by atoms with E-state index in [-0.39, 0.29) is 17.8 Å². The molecule has 7 nitrogen and oxygen atoms in total. The number of nitro benzene ring substituents is 1. The minimum Gasteiger partial charge on any atom is -0.278 e. The van der Waals surface area contributed by atoms with Crippen molar-refractivity contribution in [2.75, 3.05) is 4.90 Å². The Morgan fingerprint density at radius 2 is 2.00 bits per heavy atom. The average Bonchev–Trinajstić information content (AvgIpc) is 3.15. The Morgan fingerprint density at radius 1 is 1.14 bits per heavy atom. The molecule has 144 valence electrons. The molecule has 9 heteroatoms. The van der Waals surface area contributed by atoms with Crippen molar-refractivity contribution in [2.45, 2.75) is 6.54 Å².